The van der Waals surface area contributed by atoms with Crippen LogP contribution in [0.15, 0.2) is 53.0 Å². The van der Waals surface area contributed by atoms with Gasteiger partial charge in [0.1, 0.15) is 6.10 Å². The minimum absolute atomic E-state index is 0.204. The molecule has 2 aromatic carbocycles. The maximum atomic E-state index is 12.6. The van der Waals surface area contributed by atoms with Gasteiger partial charge in [-0.25, -0.2) is 4.79 Å². The highest BCUT2D eigenvalue weighted by molar-refractivity contribution is 9.10. The summed E-state index contributed by atoms with van der Waals surface area (Å²) in [5.41, 5.74) is 3.10. The lowest BCUT2D eigenvalue weighted by atomic mass is 9.70. The second-order valence-electron chi connectivity index (χ2n) is 7.24. The molecule has 5 rings (SSSR count). The van der Waals surface area contributed by atoms with Crippen LogP contribution in [0.5, 0.6) is 11.5 Å². The maximum absolute atomic E-state index is 12.6. The fourth-order valence-electron chi connectivity index (χ4n) is 4.55. The van der Waals surface area contributed by atoms with Gasteiger partial charge in [-0.1, -0.05) is 28.1 Å². The highest BCUT2D eigenvalue weighted by Gasteiger charge is 2.50. The van der Waals surface area contributed by atoms with Crippen LogP contribution in [0.4, 0.5) is 0 Å². The molecule has 1 heterocycles. The summed E-state index contributed by atoms with van der Waals surface area (Å²) < 4.78 is 18.6. The van der Waals surface area contributed by atoms with E-state index in [0.29, 0.717) is 11.5 Å². The van der Waals surface area contributed by atoms with Crippen LogP contribution in [0.1, 0.15) is 33.8 Å². The normalized spacial score (nSPS) is 26.9. The van der Waals surface area contributed by atoms with E-state index in [1.165, 1.54) is 11.1 Å². The van der Waals surface area contributed by atoms with E-state index < -0.39 is 6.10 Å². The van der Waals surface area contributed by atoms with Crippen LogP contribution < -0.4 is 9.47 Å². The quantitative estimate of drug-likeness (QED) is 0.528. The fourth-order valence-corrected chi connectivity index (χ4v) is 4.82. The minimum Gasteiger partial charge on any atom is -0.493 e. The predicted octanol–water partition coefficient (Wildman–Crippen LogP) is 4.66. The third-order valence-corrected chi connectivity index (χ3v) is 6.34. The van der Waals surface area contributed by atoms with Crippen LogP contribution in [-0.2, 0) is 11.2 Å². The van der Waals surface area contributed by atoms with Crippen molar-refractivity contribution in [2.45, 2.75) is 31.0 Å². The van der Waals surface area contributed by atoms with Crippen LogP contribution in [0, 0.1) is 5.92 Å². The van der Waals surface area contributed by atoms with Crippen molar-refractivity contribution in [3.8, 4) is 11.5 Å². The van der Waals surface area contributed by atoms with Gasteiger partial charge in [0, 0.05) is 16.0 Å². The van der Waals surface area contributed by atoms with Crippen LogP contribution in [0.2, 0.25) is 0 Å². The lowest BCUT2D eigenvalue weighted by Gasteiger charge is -2.36. The summed E-state index contributed by atoms with van der Waals surface area (Å²) in [5.74, 6) is 1.87. The Labute approximate surface area is 166 Å². The van der Waals surface area contributed by atoms with Gasteiger partial charge in [0.2, 0.25) is 0 Å². The summed E-state index contributed by atoms with van der Waals surface area (Å²) in [6, 6.07) is 11.3. The van der Waals surface area contributed by atoms with Gasteiger partial charge in [-0.3, -0.25) is 0 Å². The Hall–Kier alpha value is -2.27. The second kappa shape index (κ2) is 6.41. The number of hydrogen-bond acceptors (Lipinski definition) is 4. The third kappa shape index (κ3) is 2.67. The second-order valence-corrected chi connectivity index (χ2v) is 8.16. The number of allylic oxidation sites excluding steroid dienone is 1. The van der Waals surface area contributed by atoms with Crippen molar-refractivity contribution < 1.29 is 19.0 Å². The Bertz CT molecular complexity index is 934. The van der Waals surface area contributed by atoms with Gasteiger partial charge in [0.25, 0.3) is 0 Å². The van der Waals surface area contributed by atoms with Gasteiger partial charge in [0.15, 0.2) is 17.6 Å². The van der Waals surface area contributed by atoms with Gasteiger partial charge >= 0.3 is 5.97 Å². The first-order valence-electron chi connectivity index (χ1n) is 9.17. The first-order chi connectivity index (χ1) is 13.2. The molecule has 0 bridgehead atoms. The summed E-state index contributed by atoms with van der Waals surface area (Å²) in [5, 5.41) is 0. The van der Waals surface area contributed by atoms with Crippen molar-refractivity contribution in [1.29, 1.82) is 0 Å². The molecule has 1 aliphatic heterocycles. The molecular weight excluding hydrogens is 408 g/mol. The molecule has 0 saturated heterocycles. The molecule has 138 valence electrons. The van der Waals surface area contributed by atoms with E-state index in [-0.39, 0.29) is 18.0 Å². The molecule has 0 spiro atoms. The van der Waals surface area contributed by atoms with E-state index >= 15 is 0 Å². The zero-order chi connectivity index (χ0) is 18.5. The number of rotatable bonds is 3. The highest BCUT2D eigenvalue weighted by atomic mass is 79.9. The van der Waals surface area contributed by atoms with Gasteiger partial charge in [-0.15, -0.1) is 0 Å². The summed E-state index contributed by atoms with van der Waals surface area (Å²) in [4.78, 5) is 12.6. The van der Waals surface area contributed by atoms with Gasteiger partial charge in [0.05, 0.1) is 12.7 Å². The Morgan fingerprint density at radius 2 is 1.96 bits per heavy atom. The van der Waals surface area contributed by atoms with Crippen molar-refractivity contribution in [2.24, 2.45) is 5.92 Å². The van der Waals surface area contributed by atoms with Crippen molar-refractivity contribution in [3.63, 3.8) is 0 Å². The molecular formula is C22H19BrO4. The zero-order valence-electron chi connectivity index (χ0n) is 14.9. The Balaban J connectivity index is 1.46. The Kier molecular flexibility index (Phi) is 4.01. The highest BCUT2D eigenvalue weighted by Crippen LogP contribution is 2.55. The molecule has 0 N–H and O–H groups in total. The molecule has 0 aromatic heterocycles. The van der Waals surface area contributed by atoms with Gasteiger partial charge < -0.3 is 14.2 Å². The summed E-state index contributed by atoms with van der Waals surface area (Å²) in [7, 11) is 1.66. The number of benzene rings is 2. The maximum Gasteiger partial charge on any atom is 0.338 e. The standard InChI is InChI=1S/C22H19BrO4/c1-25-16-10-6-12-2-3-13-7-11-17(21-19(13)18(12)20(16)27-21)26-22(24)14-4-8-15(23)9-5-14/h4-11,13,17,19,21H,2-3H2,1H3/t13?,17?,19?,21-/m0/s1. The lowest BCUT2D eigenvalue weighted by molar-refractivity contribution is -0.000440. The molecule has 2 aliphatic carbocycles. The molecule has 0 radical (unpaired) electrons. The van der Waals surface area contributed by atoms with Crippen molar-refractivity contribution in [2.75, 3.05) is 7.11 Å². The number of carbonyl (C=O) groups excluding carboxylic acids is 1. The third-order valence-electron chi connectivity index (χ3n) is 5.81. The van der Waals surface area contributed by atoms with Crippen LogP contribution in [0.3, 0.4) is 0 Å². The van der Waals surface area contributed by atoms with Crippen molar-refractivity contribution >= 4 is 21.9 Å². The monoisotopic (exact) mass is 426 g/mol. The van der Waals surface area contributed by atoms with E-state index in [4.69, 9.17) is 14.2 Å². The largest absolute Gasteiger partial charge is 0.493 e. The molecule has 0 amide bonds. The molecule has 0 saturated carbocycles. The molecule has 2 aromatic rings. The minimum atomic E-state index is -0.412. The number of hydrogen-bond donors (Lipinski definition) is 0. The van der Waals surface area contributed by atoms with Crippen molar-refractivity contribution in [3.05, 3.63) is 69.7 Å². The van der Waals surface area contributed by atoms with Crippen LogP contribution in [0.25, 0.3) is 0 Å². The topological polar surface area (TPSA) is 44.8 Å². The molecule has 27 heavy (non-hydrogen) atoms. The van der Waals surface area contributed by atoms with Crippen molar-refractivity contribution in [1.82, 2.24) is 0 Å². The first kappa shape index (κ1) is 16.9. The molecule has 3 unspecified atom stereocenters. The van der Waals surface area contributed by atoms with Gasteiger partial charge in [-0.2, -0.15) is 0 Å². The SMILES string of the molecule is COc1ccc2c3c1O[C@H]1C(OC(=O)c4ccc(Br)cc4)C=CC(CC2)C31. The zero-order valence-corrected chi connectivity index (χ0v) is 16.4. The number of esters is 1. The summed E-state index contributed by atoms with van der Waals surface area (Å²) in [6.45, 7) is 0. The summed E-state index contributed by atoms with van der Waals surface area (Å²) >= 11 is 3.38. The Morgan fingerprint density at radius 3 is 2.74 bits per heavy atom. The predicted molar refractivity (Wildman–Crippen MR) is 104 cm³/mol. The fraction of sp³-hybridized carbons (Fsp3) is 0.318. The number of carbonyl (C=O) groups is 1. The average molecular weight is 427 g/mol. The lowest BCUT2D eigenvalue weighted by Crippen LogP contribution is -2.42. The molecule has 0 fully saturated rings. The molecule has 3 aliphatic rings. The number of ether oxygens (including phenoxy) is 3. The van der Waals surface area contributed by atoms with E-state index in [1.54, 1.807) is 19.2 Å². The van der Waals surface area contributed by atoms with E-state index in [1.807, 2.05) is 24.3 Å². The molecule has 5 heteroatoms. The number of aryl methyl sites for hydroxylation is 1. The summed E-state index contributed by atoms with van der Waals surface area (Å²) in [6.07, 6.45) is 5.70. The average Bonchev–Trinajstić information content (AvgIpc) is 3.10. The van der Waals surface area contributed by atoms with Gasteiger partial charge in [-0.05, 0) is 60.7 Å². The van der Waals surface area contributed by atoms with E-state index in [9.17, 15) is 4.79 Å². The van der Waals surface area contributed by atoms with E-state index in [2.05, 4.69) is 28.1 Å². The van der Waals surface area contributed by atoms with Crippen LogP contribution >= 0.6 is 15.9 Å². The first-order valence-corrected chi connectivity index (χ1v) is 9.96. The molecule has 4 nitrogen and oxygen atoms in total. The molecule has 4 atom stereocenters. The number of halogens is 1. The van der Waals surface area contributed by atoms with E-state index in [0.717, 1.165) is 28.8 Å². The van der Waals surface area contributed by atoms with Crippen LogP contribution in [-0.4, -0.2) is 25.3 Å². The number of methoxy groups -OCH3 is 1. The Morgan fingerprint density at radius 1 is 1.15 bits per heavy atom. The smallest absolute Gasteiger partial charge is 0.338 e.